The van der Waals surface area contributed by atoms with Crippen molar-refractivity contribution < 1.29 is 9.50 Å². The molecule has 0 radical (unpaired) electrons. The van der Waals surface area contributed by atoms with E-state index in [4.69, 9.17) is 0 Å². The summed E-state index contributed by atoms with van der Waals surface area (Å²) in [6.07, 6.45) is 2.98. The number of H-pyrrole nitrogens is 1. The lowest BCUT2D eigenvalue weighted by atomic mass is 10.1. The van der Waals surface area contributed by atoms with Crippen LogP contribution in [0.25, 0.3) is 0 Å². The van der Waals surface area contributed by atoms with E-state index in [9.17, 15) is 19.1 Å². The summed E-state index contributed by atoms with van der Waals surface area (Å²) >= 11 is 0. The summed E-state index contributed by atoms with van der Waals surface area (Å²) in [7, 11) is 0. The second kappa shape index (κ2) is 4.35. The Kier molecular flexibility index (Phi) is 3.04. The molecule has 6 heteroatoms. The van der Waals surface area contributed by atoms with E-state index in [2.05, 4.69) is 6.92 Å². The molecule has 1 heterocycles. The SMILES string of the molecule is CC1CCC(Cn2c(O)c(F)c(=O)[nH]c2=O)C1. The minimum atomic E-state index is -1.30. The van der Waals surface area contributed by atoms with Crippen LogP contribution in [0, 0.1) is 17.7 Å². The predicted octanol–water partition coefficient (Wildman–Crippen LogP) is 0.818. The molecule has 0 amide bonds. The van der Waals surface area contributed by atoms with Crippen LogP contribution in [0.15, 0.2) is 9.59 Å². The molecule has 1 aliphatic carbocycles. The highest BCUT2D eigenvalue weighted by molar-refractivity contribution is 5.09. The van der Waals surface area contributed by atoms with Gasteiger partial charge >= 0.3 is 5.69 Å². The van der Waals surface area contributed by atoms with Crippen LogP contribution in [-0.4, -0.2) is 14.7 Å². The van der Waals surface area contributed by atoms with Gasteiger partial charge in [0.05, 0.1) is 0 Å². The number of hydrogen-bond donors (Lipinski definition) is 2. The van der Waals surface area contributed by atoms with Crippen molar-refractivity contribution in [2.75, 3.05) is 0 Å². The van der Waals surface area contributed by atoms with Crippen LogP contribution in [0.4, 0.5) is 4.39 Å². The standard InChI is InChI=1S/C11H15FN2O3/c1-6-2-3-7(4-6)5-14-10(16)8(12)9(15)13-11(14)17/h6-7,16H,2-5H2,1H3,(H,13,15,17). The molecule has 5 nitrogen and oxygen atoms in total. The van der Waals surface area contributed by atoms with E-state index in [-0.39, 0.29) is 12.5 Å². The second-order valence-electron chi connectivity index (χ2n) is 4.79. The zero-order valence-electron chi connectivity index (χ0n) is 9.57. The van der Waals surface area contributed by atoms with Gasteiger partial charge in [0, 0.05) is 6.54 Å². The molecule has 0 aliphatic heterocycles. The van der Waals surface area contributed by atoms with Crippen LogP contribution in [0.5, 0.6) is 5.88 Å². The van der Waals surface area contributed by atoms with Crippen molar-refractivity contribution in [2.24, 2.45) is 11.8 Å². The van der Waals surface area contributed by atoms with Gasteiger partial charge in [-0.15, -0.1) is 0 Å². The maximum absolute atomic E-state index is 13.2. The predicted molar refractivity (Wildman–Crippen MR) is 59.5 cm³/mol. The molecular formula is C11H15FN2O3. The van der Waals surface area contributed by atoms with Crippen molar-refractivity contribution in [3.8, 4) is 5.88 Å². The molecule has 0 aromatic carbocycles. The van der Waals surface area contributed by atoms with Crippen LogP contribution in [0.1, 0.15) is 26.2 Å². The Bertz CT molecular complexity index is 534. The Morgan fingerprint density at radius 3 is 2.76 bits per heavy atom. The second-order valence-corrected chi connectivity index (χ2v) is 4.79. The maximum Gasteiger partial charge on any atom is 0.331 e. The lowest BCUT2D eigenvalue weighted by Gasteiger charge is -2.13. The number of aromatic amines is 1. The van der Waals surface area contributed by atoms with Gasteiger partial charge in [-0.3, -0.25) is 14.3 Å². The first-order valence-corrected chi connectivity index (χ1v) is 5.70. The van der Waals surface area contributed by atoms with Gasteiger partial charge in [-0.25, -0.2) is 4.79 Å². The molecule has 1 aromatic heterocycles. The normalized spacial score (nSPS) is 24.1. The summed E-state index contributed by atoms with van der Waals surface area (Å²) < 4.78 is 14.1. The van der Waals surface area contributed by atoms with E-state index >= 15 is 0 Å². The quantitative estimate of drug-likeness (QED) is 0.806. The number of rotatable bonds is 2. The first-order valence-electron chi connectivity index (χ1n) is 5.70. The molecule has 0 saturated heterocycles. The number of hydrogen-bond acceptors (Lipinski definition) is 3. The van der Waals surface area contributed by atoms with Crippen molar-refractivity contribution in [1.82, 2.24) is 9.55 Å². The molecule has 17 heavy (non-hydrogen) atoms. The highest BCUT2D eigenvalue weighted by Gasteiger charge is 2.24. The number of aromatic hydroxyl groups is 1. The minimum absolute atomic E-state index is 0.249. The topological polar surface area (TPSA) is 75.1 Å². The monoisotopic (exact) mass is 242 g/mol. The van der Waals surface area contributed by atoms with E-state index < -0.39 is 22.9 Å². The van der Waals surface area contributed by atoms with Crippen molar-refractivity contribution in [2.45, 2.75) is 32.7 Å². The van der Waals surface area contributed by atoms with Gasteiger partial charge < -0.3 is 5.11 Å². The highest BCUT2D eigenvalue weighted by atomic mass is 19.1. The maximum atomic E-state index is 13.2. The fourth-order valence-electron chi connectivity index (χ4n) is 2.45. The zero-order valence-corrected chi connectivity index (χ0v) is 9.57. The summed E-state index contributed by atoms with van der Waals surface area (Å²) in [6.45, 7) is 2.37. The Morgan fingerprint density at radius 2 is 2.18 bits per heavy atom. The van der Waals surface area contributed by atoms with Crippen LogP contribution in [0.3, 0.4) is 0 Å². The molecule has 1 saturated carbocycles. The lowest BCUT2D eigenvalue weighted by molar-refractivity contribution is 0.329. The average Bonchev–Trinajstić information content (AvgIpc) is 2.67. The number of nitrogens with one attached hydrogen (secondary N) is 1. The number of aromatic nitrogens is 2. The number of halogens is 1. The molecule has 1 aliphatic rings. The number of nitrogens with zero attached hydrogens (tertiary/aromatic N) is 1. The first kappa shape index (κ1) is 11.9. The van der Waals surface area contributed by atoms with E-state index in [1.165, 1.54) is 0 Å². The third kappa shape index (κ3) is 2.25. The van der Waals surface area contributed by atoms with E-state index in [0.717, 1.165) is 23.8 Å². The molecule has 2 atom stereocenters. The Balaban J connectivity index is 2.30. The van der Waals surface area contributed by atoms with Gasteiger partial charge in [0.15, 0.2) is 0 Å². The molecule has 94 valence electrons. The molecule has 1 fully saturated rings. The summed E-state index contributed by atoms with van der Waals surface area (Å²) in [6, 6.07) is 0. The molecule has 2 rings (SSSR count). The molecule has 0 bridgehead atoms. The van der Waals surface area contributed by atoms with Gasteiger partial charge in [-0.1, -0.05) is 13.3 Å². The summed E-state index contributed by atoms with van der Waals surface area (Å²) in [4.78, 5) is 24.2. The summed E-state index contributed by atoms with van der Waals surface area (Å²) in [5.74, 6) is -1.32. The summed E-state index contributed by atoms with van der Waals surface area (Å²) in [5, 5.41) is 9.45. The fraction of sp³-hybridized carbons (Fsp3) is 0.636. The van der Waals surface area contributed by atoms with E-state index in [1.54, 1.807) is 0 Å². The van der Waals surface area contributed by atoms with Gasteiger partial charge in [0.2, 0.25) is 11.7 Å². The van der Waals surface area contributed by atoms with Crippen molar-refractivity contribution >= 4 is 0 Å². The molecular weight excluding hydrogens is 227 g/mol. The molecule has 0 spiro atoms. The van der Waals surface area contributed by atoms with Crippen molar-refractivity contribution in [1.29, 1.82) is 0 Å². The smallest absolute Gasteiger partial charge is 0.331 e. The molecule has 2 N–H and O–H groups in total. The largest absolute Gasteiger partial charge is 0.492 e. The fourth-order valence-corrected chi connectivity index (χ4v) is 2.45. The van der Waals surface area contributed by atoms with E-state index in [0.29, 0.717) is 5.92 Å². The highest BCUT2D eigenvalue weighted by Crippen LogP contribution is 2.31. The first-order chi connectivity index (χ1) is 7.99. The van der Waals surface area contributed by atoms with E-state index in [1.807, 2.05) is 4.98 Å². The van der Waals surface area contributed by atoms with Gasteiger partial charge in [0.25, 0.3) is 5.56 Å². The molecule has 1 aromatic rings. The van der Waals surface area contributed by atoms with Crippen LogP contribution >= 0.6 is 0 Å². The van der Waals surface area contributed by atoms with Crippen LogP contribution in [0.2, 0.25) is 0 Å². The third-order valence-corrected chi connectivity index (χ3v) is 3.36. The zero-order chi connectivity index (χ0) is 12.6. The Hall–Kier alpha value is -1.59. The van der Waals surface area contributed by atoms with Crippen LogP contribution in [-0.2, 0) is 6.54 Å². The Labute approximate surface area is 96.9 Å². The summed E-state index contributed by atoms with van der Waals surface area (Å²) in [5.41, 5.74) is -1.93. The third-order valence-electron chi connectivity index (χ3n) is 3.36. The van der Waals surface area contributed by atoms with Crippen LogP contribution < -0.4 is 11.2 Å². The lowest BCUT2D eigenvalue weighted by Crippen LogP contribution is -2.33. The Morgan fingerprint density at radius 1 is 1.47 bits per heavy atom. The van der Waals surface area contributed by atoms with Gasteiger partial charge in [0.1, 0.15) is 0 Å². The minimum Gasteiger partial charge on any atom is -0.492 e. The average molecular weight is 242 g/mol. The van der Waals surface area contributed by atoms with Crippen molar-refractivity contribution in [3.63, 3.8) is 0 Å². The van der Waals surface area contributed by atoms with Gasteiger partial charge in [-0.2, -0.15) is 4.39 Å². The van der Waals surface area contributed by atoms with Gasteiger partial charge in [-0.05, 0) is 24.7 Å². The van der Waals surface area contributed by atoms with Crippen molar-refractivity contribution in [3.05, 3.63) is 26.7 Å². The molecule has 2 unspecified atom stereocenters.